The van der Waals surface area contributed by atoms with Gasteiger partial charge in [0.2, 0.25) is 0 Å². The molecule has 5 rings (SSSR count). The van der Waals surface area contributed by atoms with Crippen LogP contribution in [0.2, 0.25) is 0 Å². The molecule has 0 aliphatic carbocycles. The Labute approximate surface area is 217 Å². The lowest BCUT2D eigenvalue weighted by Crippen LogP contribution is -2.38. The second-order valence-corrected chi connectivity index (χ2v) is 12.4. The summed E-state index contributed by atoms with van der Waals surface area (Å²) < 4.78 is 13.6. The minimum atomic E-state index is -0.329. The van der Waals surface area contributed by atoms with Crippen LogP contribution in [-0.4, -0.2) is 30.2 Å². The van der Waals surface area contributed by atoms with Crippen LogP contribution in [0.5, 0.6) is 0 Å². The lowest BCUT2D eigenvalue weighted by molar-refractivity contribution is -0.0786. The Morgan fingerprint density at radius 3 is 1.11 bits per heavy atom. The molecule has 0 amide bonds. The molecule has 0 radical (unpaired) electrons. The van der Waals surface area contributed by atoms with Gasteiger partial charge in [-0.1, -0.05) is 129 Å². The molecule has 4 aromatic rings. The molecule has 184 valence electrons. The summed E-state index contributed by atoms with van der Waals surface area (Å²) in [5, 5.41) is 0. The minimum Gasteiger partial charge on any atom is -0.370 e. The SMILES string of the molecule is CP1C(Cc2ccccc2)[C@@H](OCc2ccccc2)[C@@H](OCc2ccccc2)[C@@H]1Cc1ccccc1. The maximum atomic E-state index is 6.80. The lowest BCUT2D eigenvalue weighted by atomic mass is 9.98. The summed E-state index contributed by atoms with van der Waals surface area (Å²) in [6.45, 7) is 3.70. The van der Waals surface area contributed by atoms with Gasteiger partial charge in [-0.2, -0.15) is 0 Å². The van der Waals surface area contributed by atoms with Crippen LogP contribution in [0.3, 0.4) is 0 Å². The Kier molecular flexibility index (Phi) is 8.62. The van der Waals surface area contributed by atoms with Crippen molar-refractivity contribution in [1.82, 2.24) is 0 Å². The fourth-order valence-corrected chi connectivity index (χ4v) is 8.25. The topological polar surface area (TPSA) is 18.5 Å². The predicted octanol–water partition coefficient (Wildman–Crippen LogP) is 7.51. The molecule has 3 heteroatoms. The van der Waals surface area contributed by atoms with E-state index in [0.717, 1.165) is 12.8 Å². The van der Waals surface area contributed by atoms with E-state index < -0.39 is 0 Å². The van der Waals surface area contributed by atoms with Crippen LogP contribution >= 0.6 is 7.92 Å². The molecular weight excluding hydrogens is 459 g/mol. The zero-order valence-electron chi connectivity index (χ0n) is 20.9. The Hall–Kier alpha value is -2.77. The molecule has 0 bridgehead atoms. The molecule has 0 spiro atoms. The molecule has 1 aliphatic heterocycles. The van der Waals surface area contributed by atoms with Crippen LogP contribution in [0.1, 0.15) is 22.3 Å². The number of hydrogen-bond donors (Lipinski definition) is 0. The summed E-state index contributed by atoms with van der Waals surface area (Å²) in [5.41, 5.74) is 6.08. The van der Waals surface area contributed by atoms with E-state index in [4.69, 9.17) is 9.47 Å². The molecule has 0 aromatic heterocycles. The fraction of sp³-hybridized carbons (Fsp3) is 0.273. The normalized spacial score (nSPS) is 23.5. The summed E-state index contributed by atoms with van der Waals surface area (Å²) in [4.78, 5) is 0. The van der Waals surface area contributed by atoms with Crippen molar-refractivity contribution in [2.45, 2.75) is 49.6 Å². The minimum absolute atomic E-state index is 0.0546. The van der Waals surface area contributed by atoms with Gasteiger partial charge in [-0.15, -0.1) is 0 Å². The highest BCUT2D eigenvalue weighted by Gasteiger charge is 2.49. The number of hydrogen-bond acceptors (Lipinski definition) is 2. The molecule has 4 aromatic carbocycles. The quantitative estimate of drug-likeness (QED) is 0.213. The van der Waals surface area contributed by atoms with Crippen LogP contribution in [0.4, 0.5) is 0 Å². The summed E-state index contributed by atoms with van der Waals surface area (Å²) in [7, 11) is -0.329. The Bertz CT molecular complexity index is 1070. The first-order valence-electron chi connectivity index (χ1n) is 12.9. The highest BCUT2D eigenvalue weighted by atomic mass is 31.1. The van der Waals surface area contributed by atoms with Crippen molar-refractivity contribution in [2.75, 3.05) is 6.66 Å². The van der Waals surface area contributed by atoms with Gasteiger partial charge in [-0.05, 0) is 41.8 Å². The van der Waals surface area contributed by atoms with Gasteiger partial charge in [-0.3, -0.25) is 0 Å². The maximum absolute atomic E-state index is 6.80. The van der Waals surface area contributed by atoms with Crippen molar-refractivity contribution in [3.63, 3.8) is 0 Å². The smallest absolute Gasteiger partial charge is 0.0918 e. The largest absolute Gasteiger partial charge is 0.370 e. The van der Waals surface area contributed by atoms with E-state index in [2.05, 4.69) is 128 Å². The standard InChI is InChI=1S/C33H35O2P/c1-36-30(22-26-14-6-2-7-15-26)32(34-24-28-18-10-4-11-19-28)33(35-25-29-20-12-5-13-21-29)31(36)23-27-16-8-3-9-17-27/h2-21,30-33H,22-25H2,1H3/t30-,31?,32-,33+,36?/m0/s1. The van der Waals surface area contributed by atoms with Gasteiger partial charge >= 0.3 is 0 Å². The van der Waals surface area contributed by atoms with Crippen molar-refractivity contribution >= 4 is 7.92 Å². The molecule has 1 aliphatic rings. The Morgan fingerprint density at radius 2 is 0.778 bits per heavy atom. The van der Waals surface area contributed by atoms with Crippen LogP contribution in [0.15, 0.2) is 121 Å². The summed E-state index contributed by atoms with van der Waals surface area (Å²) in [6.07, 6.45) is 2.16. The third-order valence-electron chi connectivity index (χ3n) is 7.27. The van der Waals surface area contributed by atoms with E-state index in [-0.39, 0.29) is 20.1 Å². The van der Waals surface area contributed by atoms with Crippen molar-refractivity contribution in [2.24, 2.45) is 0 Å². The number of benzene rings is 4. The van der Waals surface area contributed by atoms with Crippen molar-refractivity contribution < 1.29 is 9.47 Å². The monoisotopic (exact) mass is 494 g/mol. The highest BCUT2D eigenvalue weighted by Crippen LogP contribution is 2.57. The average Bonchev–Trinajstić information content (AvgIpc) is 3.18. The van der Waals surface area contributed by atoms with E-state index in [1.54, 1.807) is 0 Å². The molecule has 2 unspecified atom stereocenters. The lowest BCUT2D eigenvalue weighted by Gasteiger charge is -2.27. The molecule has 5 atom stereocenters. The van der Waals surface area contributed by atoms with E-state index in [1.807, 2.05) is 0 Å². The molecule has 1 saturated heterocycles. The molecular formula is C33H35O2P. The van der Waals surface area contributed by atoms with Crippen molar-refractivity contribution in [1.29, 1.82) is 0 Å². The number of ether oxygens (including phenoxy) is 2. The average molecular weight is 495 g/mol. The summed E-state index contributed by atoms with van der Waals surface area (Å²) >= 11 is 0. The molecule has 2 nitrogen and oxygen atoms in total. The van der Waals surface area contributed by atoms with Gasteiger partial charge in [0.05, 0.1) is 25.4 Å². The van der Waals surface area contributed by atoms with Crippen LogP contribution in [0, 0.1) is 0 Å². The highest BCUT2D eigenvalue weighted by molar-refractivity contribution is 7.59. The van der Waals surface area contributed by atoms with Crippen LogP contribution in [0.25, 0.3) is 0 Å². The first-order valence-corrected chi connectivity index (χ1v) is 14.8. The first kappa shape index (κ1) is 24.9. The van der Waals surface area contributed by atoms with Gasteiger partial charge in [0, 0.05) is 11.3 Å². The third kappa shape index (κ3) is 6.31. The second-order valence-electron chi connectivity index (χ2n) is 9.70. The fourth-order valence-electron chi connectivity index (χ4n) is 5.32. The van der Waals surface area contributed by atoms with Gasteiger partial charge in [0.25, 0.3) is 0 Å². The van der Waals surface area contributed by atoms with E-state index in [1.165, 1.54) is 22.3 Å². The summed E-state index contributed by atoms with van der Waals surface area (Å²) in [6, 6.07) is 42.9. The third-order valence-corrected chi connectivity index (χ3v) is 10.3. The van der Waals surface area contributed by atoms with E-state index in [0.29, 0.717) is 24.5 Å². The first-order chi connectivity index (χ1) is 17.8. The van der Waals surface area contributed by atoms with Gasteiger partial charge in [0.15, 0.2) is 0 Å². The van der Waals surface area contributed by atoms with Crippen LogP contribution < -0.4 is 0 Å². The Morgan fingerprint density at radius 1 is 0.472 bits per heavy atom. The molecule has 0 N–H and O–H groups in total. The van der Waals surface area contributed by atoms with E-state index in [9.17, 15) is 0 Å². The molecule has 1 heterocycles. The molecule has 1 fully saturated rings. The zero-order chi connectivity index (χ0) is 24.6. The molecule has 36 heavy (non-hydrogen) atoms. The maximum Gasteiger partial charge on any atom is 0.0918 e. The second kappa shape index (κ2) is 12.5. The van der Waals surface area contributed by atoms with Crippen molar-refractivity contribution in [3.8, 4) is 0 Å². The molecule has 0 saturated carbocycles. The van der Waals surface area contributed by atoms with Gasteiger partial charge < -0.3 is 9.47 Å². The van der Waals surface area contributed by atoms with Gasteiger partial charge in [-0.25, -0.2) is 0 Å². The van der Waals surface area contributed by atoms with Crippen molar-refractivity contribution in [3.05, 3.63) is 144 Å². The Balaban J connectivity index is 1.44. The van der Waals surface area contributed by atoms with E-state index >= 15 is 0 Å². The number of rotatable bonds is 10. The van der Waals surface area contributed by atoms with Crippen LogP contribution in [-0.2, 0) is 35.5 Å². The summed E-state index contributed by atoms with van der Waals surface area (Å²) in [5.74, 6) is 0. The zero-order valence-corrected chi connectivity index (χ0v) is 21.8. The predicted molar refractivity (Wildman–Crippen MR) is 151 cm³/mol. The van der Waals surface area contributed by atoms with Gasteiger partial charge in [0.1, 0.15) is 0 Å².